The number of fused-ring (bicyclic) bond motifs is 3. The van der Waals surface area contributed by atoms with Crippen LogP contribution in [0.3, 0.4) is 0 Å². The molecule has 9 heteroatoms. The highest BCUT2D eigenvalue weighted by Crippen LogP contribution is 2.38. The van der Waals surface area contributed by atoms with E-state index in [1.54, 1.807) is 7.11 Å². The standard InChI is InChI=1S/C25H30N6O2S/c1-33-29-20-9-19(10-20)26-24-23-22(6-7-34(23)32)27-25(28-24)31-13-17-11-30(12-18(17)14-31)21-5-4-15-2-3-16(15)8-21/h4-5,8,17-19H,2-3,6-7,9-14H2,1H3,(H,26,27,28). The van der Waals surface area contributed by atoms with E-state index in [-0.39, 0.29) is 6.04 Å². The third kappa shape index (κ3) is 3.39. The minimum Gasteiger partial charge on any atom is -0.399 e. The lowest BCUT2D eigenvalue weighted by atomic mass is 9.88. The summed E-state index contributed by atoms with van der Waals surface area (Å²) in [5, 5.41) is 7.57. The molecule has 8 nitrogen and oxygen atoms in total. The second-order valence-corrected chi connectivity index (χ2v) is 11.8. The normalized spacial score (nSPS) is 28.7. The van der Waals surface area contributed by atoms with Crippen LogP contribution >= 0.6 is 0 Å². The summed E-state index contributed by atoms with van der Waals surface area (Å²) in [7, 11) is 0.556. The number of hydrogen-bond acceptors (Lipinski definition) is 8. The number of benzene rings is 1. The zero-order valence-electron chi connectivity index (χ0n) is 19.5. The summed E-state index contributed by atoms with van der Waals surface area (Å²) in [6, 6.07) is 7.29. The molecule has 4 heterocycles. The van der Waals surface area contributed by atoms with Crippen molar-refractivity contribution < 1.29 is 9.05 Å². The van der Waals surface area contributed by atoms with E-state index in [2.05, 4.69) is 38.5 Å². The fourth-order valence-corrected chi connectivity index (χ4v) is 7.49. The fraction of sp³-hybridized carbons (Fsp3) is 0.560. The van der Waals surface area contributed by atoms with Crippen LogP contribution in [0.5, 0.6) is 0 Å². The van der Waals surface area contributed by atoms with Crippen LogP contribution in [0.4, 0.5) is 17.5 Å². The molecule has 0 bridgehead atoms. The van der Waals surface area contributed by atoms with Crippen LogP contribution in [0.15, 0.2) is 28.3 Å². The van der Waals surface area contributed by atoms with Gasteiger partial charge in [-0.3, -0.25) is 4.21 Å². The molecule has 3 unspecified atom stereocenters. The van der Waals surface area contributed by atoms with E-state index >= 15 is 0 Å². The van der Waals surface area contributed by atoms with Crippen LogP contribution in [-0.2, 0) is 34.9 Å². The van der Waals surface area contributed by atoms with Gasteiger partial charge in [0.25, 0.3) is 0 Å². The van der Waals surface area contributed by atoms with Gasteiger partial charge in [0.2, 0.25) is 5.95 Å². The highest BCUT2D eigenvalue weighted by molar-refractivity contribution is 7.85. The van der Waals surface area contributed by atoms with Crippen molar-refractivity contribution in [1.82, 2.24) is 9.97 Å². The van der Waals surface area contributed by atoms with E-state index in [0.717, 1.165) is 73.5 Å². The molecule has 5 aliphatic rings. The number of nitrogens with one attached hydrogen (secondary N) is 1. The van der Waals surface area contributed by atoms with Gasteiger partial charge in [0.05, 0.1) is 22.2 Å². The van der Waals surface area contributed by atoms with Crippen molar-refractivity contribution in [2.45, 2.75) is 43.0 Å². The number of anilines is 3. The van der Waals surface area contributed by atoms with E-state index in [4.69, 9.17) is 14.8 Å². The Bertz CT molecular complexity index is 1190. The van der Waals surface area contributed by atoms with E-state index in [1.165, 1.54) is 29.7 Å². The average molecular weight is 479 g/mol. The molecule has 0 radical (unpaired) electrons. The molecule has 0 amide bonds. The molecule has 3 fully saturated rings. The fourth-order valence-electron chi connectivity index (χ4n) is 6.18. The Morgan fingerprint density at radius 2 is 1.79 bits per heavy atom. The van der Waals surface area contributed by atoms with Crippen molar-refractivity contribution in [3.8, 4) is 0 Å². The van der Waals surface area contributed by atoms with Crippen LogP contribution in [-0.4, -0.2) is 65.0 Å². The maximum Gasteiger partial charge on any atom is 0.227 e. The van der Waals surface area contributed by atoms with Crippen LogP contribution in [0.25, 0.3) is 0 Å². The number of hydrogen-bond donors (Lipinski definition) is 1. The Kier molecular flexibility index (Phi) is 4.82. The third-order valence-corrected chi connectivity index (χ3v) is 9.65. The molecule has 0 spiro atoms. The third-order valence-electron chi connectivity index (χ3n) is 8.19. The molecule has 1 aromatic heterocycles. The minimum atomic E-state index is -1.02. The molecule has 2 saturated heterocycles. The maximum absolute atomic E-state index is 12.7. The molecule has 1 aromatic carbocycles. The van der Waals surface area contributed by atoms with Gasteiger partial charge in [-0.2, -0.15) is 4.98 Å². The van der Waals surface area contributed by atoms with E-state index in [9.17, 15) is 4.21 Å². The molecule has 1 saturated carbocycles. The summed E-state index contributed by atoms with van der Waals surface area (Å²) >= 11 is 0. The molecule has 2 aromatic rings. The van der Waals surface area contributed by atoms with E-state index in [1.807, 2.05) is 0 Å². The zero-order valence-corrected chi connectivity index (χ0v) is 20.3. The van der Waals surface area contributed by atoms with Gasteiger partial charge in [-0.05, 0) is 36.1 Å². The first kappa shape index (κ1) is 20.7. The van der Waals surface area contributed by atoms with E-state index < -0.39 is 10.8 Å². The second kappa shape index (κ2) is 7.93. The number of oxime groups is 1. The molecule has 3 aliphatic heterocycles. The first-order valence-corrected chi connectivity index (χ1v) is 13.7. The number of nitrogens with zero attached hydrogens (tertiary/aromatic N) is 5. The molecule has 7 rings (SSSR count). The van der Waals surface area contributed by atoms with Crippen molar-refractivity contribution in [3.63, 3.8) is 0 Å². The SMILES string of the molecule is CON=C1CC(Nc2nc(N3CC4CN(c5ccc6c(c5)CC6)CC4C3)nc3c2S(=O)CC3)C1. The molecular formula is C25H30N6O2S. The molecule has 34 heavy (non-hydrogen) atoms. The lowest BCUT2D eigenvalue weighted by Gasteiger charge is -2.29. The lowest BCUT2D eigenvalue weighted by molar-refractivity contribution is 0.209. The van der Waals surface area contributed by atoms with Gasteiger partial charge in [0.15, 0.2) is 0 Å². The monoisotopic (exact) mass is 478 g/mol. The van der Waals surface area contributed by atoms with Crippen molar-refractivity contribution >= 4 is 34.0 Å². The van der Waals surface area contributed by atoms with Crippen molar-refractivity contribution in [1.29, 1.82) is 0 Å². The smallest absolute Gasteiger partial charge is 0.227 e. The highest BCUT2D eigenvalue weighted by atomic mass is 32.2. The number of aryl methyl sites for hydroxylation is 3. The summed E-state index contributed by atoms with van der Waals surface area (Å²) in [5.74, 6) is 3.47. The van der Waals surface area contributed by atoms with Crippen LogP contribution < -0.4 is 15.1 Å². The summed E-state index contributed by atoms with van der Waals surface area (Å²) in [6.07, 6.45) is 4.90. The Morgan fingerprint density at radius 1 is 1.03 bits per heavy atom. The summed E-state index contributed by atoms with van der Waals surface area (Å²) in [4.78, 5) is 20.5. The molecule has 2 aliphatic carbocycles. The van der Waals surface area contributed by atoms with Gasteiger partial charge in [-0.25, -0.2) is 4.98 Å². The lowest BCUT2D eigenvalue weighted by Crippen LogP contribution is -2.37. The maximum atomic E-state index is 12.7. The van der Waals surface area contributed by atoms with Gasteiger partial charge in [-0.1, -0.05) is 11.2 Å². The van der Waals surface area contributed by atoms with Crippen LogP contribution in [0.1, 0.15) is 29.7 Å². The Labute approximate surface area is 202 Å². The van der Waals surface area contributed by atoms with Crippen molar-refractivity contribution in [2.24, 2.45) is 17.0 Å². The predicted molar refractivity (Wildman–Crippen MR) is 133 cm³/mol. The average Bonchev–Trinajstić information content (AvgIpc) is 3.46. The Morgan fingerprint density at radius 3 is 2.50 bits per heavy atom. The topological polar surface area (TPSA) is 82.9 Å². The van der Waals surface area contributed by atoms with Crippen molar-refractivity contribution in [2.75, 3.05) is 54.2 Å². The van der Waals surface area contributed by atoms with Gasteiger partial charge in [0.1, 0.15) is 17.8 Å². The second-order valence-electron chi connectivity index (χ2n) is 10.3. The molecule has 178 valence electrons. The molecule has 3 atom stereocenters. The van der Waals surface area contributed by atoms with Crippen LogP contribution in [0, 0.1) is 11.8 Å². The van der Waals surface area contributed by atoms with E-state index in [0.29, 0.717) is 17.6 Å². The van der Waals surface area contributed by atoms with Gasteiger partial charge in [0, 0.05) is 74.8 Å². The Balaban J connectivity index is 1.08. The predicted octanol–water partition coefficient (Wildman–Crippen LogP) is 2.39. The summed E-state index contributed by atoms with van der Waals surface area (Å²) < 4.78 is 12.7. The summed E-state index contributed by atoms with van der Waals surface area (Å²) in [6.45, 7) is 4.18. The van der Waals surface area contributed by atoms with Gasteiger partial charge < -0.3 is 20.0 Å². The molecular weight excluding hydrogens is 448 g/mol. The number of rotatable bonds is 5. The molecule has 1 N–H and O–H groups in total. The quantitative estimate of drug-likeness (QED) is 0.661. The van der Waals surface area contributed by atoms with Gasteiger partial charge in [-0.15, -0.1) is 0 Å². The van der Waals surface area contributed by atoms with Crippen LogP contribution in [0.2, 0.25) is 0 Å². The number of aromatic nitrogens is 2. The Hall–Kier alpha value is -2.68. The largest absolute Gasteiger partial charge is 0.399 e. The van der Waals surface area contributed by atoms with Crippen molar-refractivity contribution in [3.05, 3.63) is 35.0 Å². The highest BCUT2D eigenvalue weighted by Gasteiger charge is 2.42. The zero-order chi connectivity index (χ0) is 22.8. The summed E-state index contributed by atoms with van der Waals surface area (Å²) in [5.41, 5.74) is 6.46. The first-order valence-electron chi connectivity index (χ1n) is 12.4. The first-order chi connectivity index (χ1) is 16.6. The van der Waals surface area contributed by atoms with Gasteiger partial charge >= 0.3 is 0 Å². The minimum absolute atomic E-state index is 0.257.